The van der Waals surface area contributed by atoms with E-state index in [9.17, 15) is 26.8 Å². The number of benzene rings is 2. The summed E-state index contributed by atoms with van der Waals surface area (Å²) in [4.78, 5) is 22.8. The van der Waals surface area contributed by atoms with Crippen LogP contribution in [0.25, 0.3) is 0 Å². The topological polar surface area (TPSA) is 102 Å². The first-order valence-corrected chi connectivity index (χ1v) is 8.71. The largest absolute Gasteiger partial charge is 0.455 e. The number of hydrogen-bond donors (Lipinski definition) is 2. The number of anilines is 1. The number of ether oxygens (including phenoxy) is 1. The van der Waals surface area contributed by atoms with Crippen molar-refractivity contribution in [1.82, 2.24) is 4.72 Å². The van der Waals surface area contributed by atoms with Gasteiger partial charge in [-0.2, -0.15) is 4.72 Å². The van der Waals surface area contributed by atoms with Crippen LogP contribution in [0.2, 0.25) is 0 Å². The van der Waals surface area contributed by atoms with Crippen LogP contribution in [-0.2, 0) is 24.3 Å². The van der Waals surface area contributed by atoms with Crippen LogP contribution in [0.1, 0.15) is 0 Å². The summed E-state index contributed by atoms with van der Waals surface area (Å²) in [5, 5.41) is 2.37. The van der Waals surface area contributed by atoms with Gasteiger partial charge in [0.1, 0.15) is 18.2 Å². The fourth-order valence-electron chi connectivity index (χ4n) is 1.80. The van der Waals surface area contributed by atoms with Gasteiger partial charge in [0, 0.05) is 5.69 Å². The van der Waals surface area contributed by atoms with Gasteiger partial charge in [-0.15, -0.1) is 0 Å². The summed E-state index contributed by atoms with van der Waals surface area (Å²) in [6, 6.07) is 9.17. The molecular formula is C16H14F2N2O5S. The zero-order valence-electron chi connectivity index (χ0n) is 13.2. The van der Waals surface area contributed by atoms with E-state index in [-0.39, 0.29) is 4.90 Å². The number of nitrogens with one attached hydrogen (secondary N) is 2. The van der Waals surface area contributed by atoms with Crippen LogP contribution in [0.5, 0.6) is 0 Å². The van der Waals surface area contributed by atoms with Crippen molar-refractivity contribution in [1.29, 1.82) is 0 Å². The highest BCUT2D eigenvalue weighted by Gasteiger charge is 2.17. The van der Waals surface area contributed by atoms with E-state index in [1.54, 1.807) is 0 Å². The Bertz CT molecular complexity index is 901. The van der Waals surface area contributed by atoms with Crippen LogP contribution in [0, 0.1) is 11.6 Å². The van der Waals surface area contributed by atoms with Crippen LogP contribution in [0.4, 0.5) is 14.5 Å². The Balaban J connectivity index is 1.79. The molecule has 7 nitrogen and oxygen atoms in total. The van der Waals surface area contributed by atoms with E-state index in [4.69, 9.17) is 0 Å². The van der Waals surface area contributed by atoms with Gasteiger partial charge in [-0.05, 0) is 42.5 Å². The molecule has 0 heterocycles. The molecule has 0 saturated heterocycles. The molecule has 10 heteroatoms. The van der Waals surface area contributed by atoms with E-state index in [0.717, 1.165) is 30.3 Å². The minimum absolute atomic E-state index is 0.305. The summed E-state index contributed by atoms with van der Waals surface area (Å²) in [6.45, 7) is -1.39. The number of rotatable bonds is 7. The molecule has 0 aliphatic carbocycles. The predicted molar refractivity (Wildman–Crippen MR) is 87.6 cm³/mol. The SMILES string of the molecule is O=C(COC(=O)CNS(=O)(=O)c1cccc(F)c1)Nc1ccc(F)cc1. The molecule has 26 heavy (non-hydrogen) atoms. The Morgan fingerprint density at radius 2 is 1.69 bits per heavy atom. The highest BCUT2D eigenvalue weighted by molar-refractivity contribution is 7.89. The highest BCUT2D eigenvalue weighted by Crippen LogP contribution is 2.10. The Morgan fingerprint density at radius 3 is 2.35 bits per heavy atom. The van der Waals surface area contributed by atoms with Crippen molar-refractivity contribution in [3.63, 3.8) is 0 Å². The molecule has 0 radical (unpaired) electrons. The van der Waals surface area contributed by atoms with Crippen LogP contribution in [-0.4, -0.2) is 33.4 Å². The van der Waals surface area contributed by atoms with Crippen LogP contribution in [0.15, 0.2) is 53.4 Å². The minimum Gasteiger partial charge on any atom is -0.455 e. The molecule has 0 unspecified atom stereocenters. The summed E-state index contributed by atoms with van der Waals surface area (Å²) < 4.78 is 56.2. The first-order valence-electron chi connectivity index (χ1n) is 7.22. The molecule has 0 fully saturated rings. The smallest absolute Gasteiger partial charge is 0.321 e. The van der Waals surface area contributed by atoms with Crippen molar-refractivity contribution in [3.05, 3.63) is 60.2 Å². The molecule has 2 rings (SSSR count). The molecule has 1 amide bonds. The average molecular weight is 384 g/mol. The van der Waals surface area contributed by atoms with Gasteiger partial charge in [0.15, 0.2) is 6.61 Å². The molecule has 138 valence electrons. The maximum atomic E-state index is 13.1. The monoisotopic (exact) mass is 384 g/mol. The molecule has 2 N–H and O–H groups in total. The molecule has 0 aromatic heterocycles. The number of halogens is 2. The van der Waals surface area contributed by atoms with E-state index < -0.39 is 46.7 Å². The predicted octanol–water partition coefficient (Wildman–Crippen LogP) is 1.42. The number of hydrogen-bond acceptors (Lipinski definition) is 5. The van der Waals surface area contributed by atoms with Crippen molar-refractivity contribution in [2.75, 3.05) is 18.5 Å². The first-order chi connectivity index (χ1) is 12.3. The molecule has 2 aromatic carbocycles. The standard InChI is InChI=1S/C16H14F2N2O5S/c17-11-4-6-13(7-5-11)20-15(21)10-25-16(22)9-19-26(23,24)14-3-1-2-12(18)8-14/h1-8,19H,9-10H2,(H,20,21). The molecule has 0 spiro atoms. The van der Waals surface area contributed by atoms with Gasteiger partial charge in [0.2, 0.25) is 10.0 Å². The van der Waals surface area contributed by atoms with Gasteiger partial charge in [-0.25, -0.2) is 17.2 Å². The Kier molecular flexibility index (Phi) is 6.36. The van der Waals surface area contributed by atoms with Crippen LogP contribution in [0.3, 0.4) is 0 Å². The molecule has 0 atom stereocenters. The summed E-state index contributed by atoms with van der Waals surface area (Å²) in [7, 11) is -4.10. The third-order valence-corrected chi connectivity index (χ3v) is 4.40. The Morgan fingerprint density at radius 1 is 1.00 bits per heavy atom. The molecule has 0 saturated carbocycles. The van der Waals surface area contributed by atoms with Gasteiger partial charge in [-0.3, -0.25) is 9.59 Å². The number of sulfonamides is 1. The molecule has 0 bridgehead atoms. The van der Waals surface area contributed by atoms with Crippen LogP contribution < -0.4 is 10.0 Å². The van der Waals surface area contributed by atoms with E-state index in [0.29, 0.717) is 5.69 Å². The highest BCUT2D eigenvalue weighted by atomic mass is 32.2. The molecule has 0 aliphatic heterocycles. The van der Waals surface area contributed by atoms with Gasteiger partial charge >= 0.3 is 5.97 Å². The number of amides is 1. The normalized spacial score (nSPS) is 11.0. The second-order valence-electron chi connectivity index (χ2n) is 5.00. The second-order valence-corrected chi connectivity index (χ2v) is 6.76. The fraction of sp³-hybridized carbons (Fsp3) is 0.125. The van der Waals surface area contributed by atoms with Gasteiger partial charge in [0.05, 0.1) is 4.90 Å². The maximum Gasteiger partial charge on any atom is 0.321 e. The molecule has 2 aromatic rings. The minimum atomic E-state index is -4.10. The van der Waals surface area contributed by atoms with E-state index in [1.807, 2.05) is 4.72 Å². The Labute approximate surface area is 148 Å². The average Bonchev–Trinajstić information content (AvgIpc) is 2.60. The van der Waals surface area contributed by atoms with Crippen molar-refractivity contribution in [2.45, 2.75) is 4.90 Å². The number of esters is 1. The lowest BCUT2D eigenvalue weighted by atomic mass is 10.3. The summed E-state index contributed by atoms with van der Waals surface area (Å²) >= 11 is 0. The van der Waals surface area contributed by atoms with Crippen LogP contribution >= 0.6 is 0 Å². The molecule has 0 aliphatic rings. The third kappa shape index (κ3) is 5.90. The zero-order chi connectivity index (χ0) is 19.2. The maximum absolute atomic E-state index is 13.1. The third-order valence-electron chi connectivity index (χ3n) is 3.01. The fourth-order valence-corrected chi connectivity index (χ4v) is 2.80. The lowest BCUT2D eigenvalue weighted by Gasteiger charge is -2.08. The van der Waals surface area contributed by atoms with Gasteiger partial charge < -0.3 is 10.1 Å². The first kappa shape index (κ1) is 19.5. The van der Waals surface area contributed by atoms with Crippen molar-refractivity contribution < 1.29 is 31.5 Å². The summed E-state index contributed by atoms with van der Waals surface area (Å²) in [6.07, 6.45) is 0. The molecular weight excluding hydrogens is 370 g/mol. The zero-order valence-corrected chi connectivity index (χ0v) is 14.1. The summed E-state index contributed by atoms with van der Waals surface area (Å²) in [5.74, 6) is -2.90. The summed E-state index contributed by atoms with van der Waals surface area (Å²) in [5.41, 5.74) is 0.305. The van der Waals surface area contributed by atoms with E-state index in [2.05, 4.69) is 10.1 Å². The van der Waals surface area contributed by atoms with Gasteiger partial charge in [-0.1, -0.05) is 6.07 Å². The number of carbonyl (C=O) groups is 2. The van der Waals surface area contributed by atoms with Crippen molar-refractivity contribution in [2.24, 2.45) is 0 Å². The van der Waals surface area contributed by atoms with Gasteiger partial charge in [0.25, 0.3) is 5.91 Å². The van der Waals surface area contributed by atoms with Crippen molar-refractivity contribution >= 4 is 27.6 Å². The Hall–Kier alpha value is -2.85. The number of carbonyl (C=O) groups excluding carboxylic acids is 2. The van der Waals surface area contributed by atoms with Crippen molar-refractivity contribution in [3.8, 4) is 0 Å². The quantitative estimate of drug-likeness (QED) is 0.703. The van der Waals surface area contributed by atoms with E-state index in [1.165, 1.54) is 18.2 Å². The van der Waals surface area contributed by atoms with E-state index >= 15 is 0 Å². The second kappa shape index (κ2) is 8.50. The lowest BCUT2D eigenvalue weighted by Crippen LogP contribution is -2.32. The lowest BCUT2D eigenvalue weighted by molar-refractivity contribution is -0.146.